The van der Waals surface area contributed by atoms with Crippen LogP contribution in [0.5, 0.6) is 5.75 Å². The standard InChI is InChI=1S/C14H11Cl2N3OS/c1-17-13-8-5-7(20-2)3-4-10(8)18-14(19-13)9-6-11(15)21-12(9)16/h3-6H,1-2H3,(H,17,18,19). The fourth-order valence-corrected chi connectivity index (χ4v) is 3.49. The Morgan fingerprint density at radius 3 is 2.62 bits per heavy atom. The number of rotatable bonds is 3. The molecule has 0 saturated heterocycles. The van der Waals surface area contributed by atoms with E-state index in [2.05, 4.69) is 15.3 Å². The summed E-state index contributed by atoms with van der Waals surface area (Å²) in [6.45, 7) is 0. The molecule has 0 spiro atoms. The first kappa shape index (κ1) is 14.4. The van der Waals surface area contributed by atoms with Crippen molar-refractivity contribution in [2.75, 3.05) is 19.5 Å². The Morgan fingerprint density at radius 1 is 1.19 bits per heavy atom. The zero-order valence-electron chi connectivity index (χ0n) is 11.3. The minimum absolute atomic E-state index is 0.546. The highest BCUT2D eigenvalue weighted by molar-refractivity contribution is 7.20. The van der Waals surface area contributed by atoms with E-state index < -0.39 is 0 Å². The lowest BCUT2D eigenvalue weighted by Crippen LogP contribution is -1.99. The molecular weight excluding hydrogens is 329 g/mol. The Labute approximate surface area is 135 Å². The average molecular weight is 340 g/mol. The number of hydrogen-bond donors (Lipinski definition) is 1. The van der Waals surface area contributed by atoms with Crippen LogP contribution >= 0.6 is 34.5 Å². The molecule has 3 rings (SSSR count). The van der Waals surface area contributed by atoms with E-state index in [0.717, 1.165) is 22.2 Å². The van der Waals surface area contributed by atoms with E-state index in [1.807, 2.05) is 25.2 Å². The number of nitrogens with zero attached hydrogens (tertiary/aromatic N) is 2. The topological polar surface area (TPSA) is 47.0 Å². The Bertz CT molecular complexity index is 819. The molecule has 4 nitrogen and oxygen atoms in total. The molecule has 0 atom stereocenters. The number of aromatic nitrogens is 2. The van der Waals surface area contributed by atoms with Crippen LogP contribution in [0.1, 0.15) is 0 Å². The van der Waals surface area contributed by atoms with Crippen LogP contribution in [0.4, 0.5) is 5.82 Å². The molecule has 0 unspecified atom stereocenters. The van der Waals surface area contributed by atoms with Crippen molar-refractivity contribution < 1.29 is 4.74 Å². The molecule has 0 fully saturated rings. The van der Waals surface area contributed by atoms with Crippen molar-refractivity contribution in [1.29, 1.82) is 0 Å². The smallest absolute Gasteiger partial charge is 0.164 e. The molecule has 0 aliphatic rings. The molecule has 2 aromatic heterocycles. The van der Waals surface area contributed by atoms with Gasteiger partial charge in [0.15, 0.2) is 5.82 Å². The second-order valence-corrected chi connectivity index (χ2v) is 6.55. The average Bonchev–Trinajstić information content (AvgIpc) is 2.84. The lowest BCUT2D eigenvalue weighted by molar-refractivity contribution is 0.415. The van der Waals surface area contributed by atoms with Crippen molar-refractivity contribution in [3.63, 3.8) is 0 Å². The molecular formula is C14H11Cl2N3OS. The van der Waals surface area contributed by atoms with Crippen molar-refractivity contribution in [3.05, 3.63) is 32.9 Å². The minimum Gasteiger partial charge on any atom is -0.497 e. The van der Waals surface area contributed by atoms with Gasteiger partial charge in [-0.3, -0.25) is 0 Å². The van der Waals surface area contributed by atoms with Gasteiger partial charge in [-0.15, -0.1) is 11.3 Å². The Kier molecular flexibility index (Phi) is 3.89. The summed E-state index contributed by atoms with van der Waals surface area (Å²) in [4.78, 5) is 9.09. The Balaban J connectivity index is 2.24. The summed E-state index contributed by atoms with van der Waals surface area (Å²) >= 11 is 13.5. The van der Waals surface area contributed by atoms with Crippen LogP contribution in [0.25, 0.3) is 22.3 Å². The molecule has 1 aromatic carbocycles. The van der Waals surface area contributed by atoms with Crippen molar-refractivity contribution in [3.8, 4) is 17.1 Å². The van der Waals surface area contributed by atoms with E-state index in [-0.39, 0.29) is 0 Å². The third-order valence-electron chi connectivity index (χ3n) is 3.04. The van der Waals surface area contributed by atoms with Gasteiger partial charge in [-0.05, 0) is 24.3 Å². The van der Waals surface area contributed by atoms with Crippen LogP contribution in [0.2, 0.25) is 8.67 Å². The van der Waals surface area contributed by atoms with Crippen LogP contribution in [0, 0.1) is 0 Å². The zero-order chi connectivity index (χ0) is 15.0. The molecule has 0 aliphatic carbocycles. The molecule has 0 amide bonds. The Hall–Kier alpha value is -1.56. The number of halogens is 2. The summed E-state index contributed by atoms with van der Waals surface area (Å²) in [5, 5.41) is 3.97. The quantitative estimate of drug-likeness (QED) is 0.750. The summed E-state index contributed by atoms with van der Waals surface area (Å²) in [5.41, 5.74) is 1.55. The van der Waals surface area contributed by atoms with Crippen molar-refractivity contribution >= 4 is 51.3 Å². The number of benzene rings is 1. The second-order valence-electron chi connectivity index (χ2n) is 4.27. The van der Waals surface area contributed by atoms with Gasteiger partial charge in [-0.1, -0.05) is 23.2 Å². The summed E-state index contributed by atoms with van der Waals surface area (Å²) in [6, 6.07) is 7.43. The van der Waals surface area contributed by atoms with Gasteiger partial charge in [0.2, 0.25) is 0 Å². The molecule has 21 heavy (non-hydrogen) atoms. The predicted octanol–water partition coefficient (Wildman–Crippen LogP) is 4.72. The number of thiophene rings is 1. The third kappa shape index (κ3) is 2.64. The van der Waals surface area contributed by atoms with Crippen molar-refractivity contribution in [1.82, 2.24) is 9.97 Å². The van der Waals surface area contributed by atoms with E-state index >= 15 is 0 Å². The van der Waals surface area contributed by atoms with Gasteiger partial charge in [0, 0.05) is 12.4 Å². The van der Waals surface area contributed by atoms with Crippen molar-refractivity contribution in [2.45, 2.75) is 0 Å². The van der Waals surface area contributed by atoms with Crippen LogP contribution in [0.3, 0.4) is 0 Å². The fraction of sp³-hybridized carbons (Fsp3) is 0.143. The summed E-state index contributed by atoms with van der Waals surface area (Å²) in [6.07, 6.45) is 0. The lowest BCUT2D eigenvalue weighted by atomic mass is 10.2. The summed E-state index contributed by atoms with van der Waals surface area (Å²) in [7, 11) is 3.44. The summed E-state index contributed by atoms with van der Waals surface area (Å²) in [5.74, 6) is 2.02. The SMILES string of the molecule is CNc1nc(-c2cc(Cl)sc2Cl)nc2ccc(OC)cc12. The highest BCUT2D eigenvalue weighted by Gasteiger charge is 2.14. The number of nitrogens with one attached hydrogen (secondary N) is 1. The maximum absolute atomic E-state index is 6.19. The van der Waals surface area contributed by atoms with E-state index in [1.54, 1.807) is 13.2 Å². The molecule has 108 valence electrons. The molecule has 0 bridgehead atoms. The molecule has 2 heterocycles. The van der Waals surface area contributed by atoms with Crippen molar-refractivity contribution in [2.24, 2.45) is 0 Å². The van der Waals surface area contributed by atoms with Gasteiger partial charge in [-0.2, -0.15) is 0 Å². The van der Waals surface area contributed by atoms with Gasteiger partial charge in [-0.25, -0.2) is 9.97 Å². The fourth-order valence-electron chi connectivity index (χ4n) is 2.04. The van der Waals surface area contributed by atoms with Crippen LogP contribution in [-0.4, -0.2) is 24.1 Å². The van der Waals surface area contributed by atoms with Gasteiger partial charge in [0.25, 0.3) is 0 Å². The molecule has 0 radical (unpaired) electrons. The van der Waals surface area contributed by atoms with E-state index in [0.29, 0.717) is 20.3 Å². The monoisotopic (exact) mass is 339 g/mol. The third-order valence-corrected chi connectivity index (χ3v) is 4.52. The highest BCUT2D eigenvalue weighted by Crippen LogP contribution is 2.38. The normalized spacial score (nSPS) is 10.9. The number of methoxy groups -OCH3 is 1. The number of anilines is 1. The van der Waals surface area contributed by atoms with E-state index in [9.17, 15) is 0 Å². The maximum Gasteiger partial charge on any atom is 0.164 e. The van der Waals surface area contributed by atoms with Crippen LogP contribution in [0.15, 0.2) is 24.3 Å². The van der Waals surface area contributed by atoms with Gasteiger partial charge >= 0.3 is 0 Å². The summed E-state index contributed by atoms with van der Waals surface area (Å²) < 4.78 is 6.43. The molecule has 1 N–H and O–H groups in total. The molecule has 3 aromatic rings. The molecule has 0 saturated carbocycles. The number of ether oxygens (including phenoxy) is 1. The molecule has 7 heteroatoms. The van der Waals surface area contributed by atoms with Gasteiger partial charge in [0.1, 0.15) is 15.9 Å². The number of fused-ring (bicyclic) bond motifs is 1. The largest absolute Gasteiger partial charge is 0.497 e. The van der Waals surface area contributed by atoms with E-state index in [4.69, 9.17) is 27.9 Å². The highest BCUT2D eigenvalue weighted by atomic mass is 35.5. The van der Waals surface area contributed by atoms with Crippen LogP contribution < -0.4 is 10.1 Å². The first-order chi connectivity index (χ1) is 10.1. The molecule has 0 aliphatic heterocycles. The predicted molar refractivity (Wildman–Crippen MR) is 89.0 cm³/mol. The van der Waals surface area contributed by atoms with Crippen LogP contribution in [-0.2, 0) is 0 Å². The zero-order valence-corrected chi connectivity index (χ0v) is 13.6. The maximum atomic E-state index is 6.19. The van der Waals surface area contributed by atoms with Gasteiger partial charge in [0.05, 0.1) is 22.5 Å². The first-order valence-electron chi connectivity index (χ1n) is 6.11. The lowest BCUT2D eigenvalue weighted by Gasteiger charge is -2.09. The second kappa shape index (κ2) is 5.67. The number of hydrogen-bond acceptors (Lipinski definition) is 5. The minimum atomic E-state index is 0.546. The van der Waals surface area contributed by atoms with E-state index in [1.165, 1.54) is 11.3 Å². The first-order valence-corrected chi connectivity index (χ1v) is 7.68. The van der Waals surface area contributed by atoms with Gasteiger partial charge < -0.3 is 10.1 Å². The Morgan fingerprint density at radius 2 is 2.00 bits per heavy atom.